The largest absolute Gasteiger partial charge is 0.508 e. The van der Waals surface area contributed by atoms with Crippen LogP contribution in [0, 0.1) is 0 Å². The van der Waals surface area contributed by atoms with E-state index in [1.165, 1.54) is 0 Å². The Hall–Kier alpha value is -3.99. The van der Waals surface area contributed by atoms with E-state index < -0.39 is 11.9 Å². The van der Waals surface area contributed by atoms with Crippen LogP contribution < -0.4 is 4.74 Å². The van der Waals surface area contributed by atoms with E-state index in [1.807, 2.05) is 31.2 Å². The number of carbonyl (C=O) groups is 1. The van der Waals surface area contributed by atoms with Gasteiger partial charge in [-0.3, -0.25) is 4.79 Å². The van der Waals surface area contributed by atoms with Gasteiger partial charge < -0.3 is 20.1 Å². The monoisotopic (exact) mass is 414 g/mol. The first-order valence-electron chi connectivity index (χ1n) is 10.0. The van der Waals surface area contributed by atoms with Crippen LogP contribution in [0.1, 0.15) is 24.8 Å². The summed E-state index contributed by atoms with van der Waals surface area (Å²) in [6.45, 7) is 1.85. The van der Waals surface area contributed by atoms with Gasteiger partial charge in [-0.05, 0) is 71.5 Å². The molecule has 5 nitrogen and oxygen atoms in total. The molecule has 0 spiro atoms. The summed E-state index contributed by atoms with van der Waals surface area (Å²) in [6, 6.07) is 22.8. The number of phenolic OH excluding ortho intramolecular Hbond substituents is 2. The fourth-order valence-corrected chi connectivity index (χ4v) is 3.71. The fraction of sp³-hybridized carbons (Fsp3) is 0.115. The first kappa shape index (κ1) is 20.3. The summed E-state index contributed by atoms with van der Waals surface area (Å²) in [5.41, 5.74) is 2.43. The number of hydrogen-bond donors (Lipinski definition) is 3. The Morgan fingerprint density at radius 1 is 0.871 bits per heavy atom. The quantitative estimate of drug-likeness (QED) is 0.345. The molecule has 0 aromatic heterocycles. The lowest BCUT2D eigenvalue weighted by Crippen LogP contribution is -2.10. The van der Waals surface area contributed by atoms with Gasteiger partial charge in [0, 0.05) is 10.9 Å². The Kier molecular flexibility index (Phi) is 5.50. The second-order valence-electron chi connectivity index (χ2n) is 7.36. The first-order valence-corrected chi connectivity index (χ1v) is 10.0. The number of fused-ring (bicyclic) bond motifs is 1. The van der Waals surface area contributed by atoms with Crippen LogP contribution in [0.2, 0.25) is 0 Å². The summed E-state index contributed by atoms with van der Waals surface area (Å²) in [5, 5.41) is 30.5. The van der Waals surface area contributed by atoms with Crippen molar-refractivity contribution in [3.63, 3.8) is 0 Å². The Morgan fingerprint density at radius 2 is 1.55 bits per heavy atom. The summed E-state index contributed by atoms with van der Waals surface area (Å²) < 4.78 is 6.28. The maximum absolute atomic E-state index is 11.4. The number of hydrogen-bond acceptors (Lipinski definition) is 4. The average Bonchev–Trinajstić information content (AvgIpc) is 2.76. The van der Waals surface area contributed by atoms with Crippen LogP contribution in [-0.4, -0.2) is 21.3 Å². The lowest BCUT2D eigenvalue weighted by Gasteiger charge is -2.16. The van der Waals surface area contributed by atoms with E-state index >= 15 is 0 Å². The van der Waals surface area contributed by atoms with Crippen LogP contribution in [-0.2, 0) is 4.79 Å². The molecule has 4 aromatic rings. The average molecular weight is 414 g/mol. The van der Waals surface area contributed by atoms with Crippen molar-refractivity contribution in [3.8, 4) is 34.1 Å². The Bertz CT molecular complexity index is 1230. The molecule has 156 valence electrons. The molecule has 31 heavy (non-hydrogen) atoms. The number of ether oxygens (including phenoxy) is 1. The molecule has 0 saturated heterocycles. The van der Waals surface area contributed by atoms with Crippen molar-refractivity contribution in [1.82, 2.24) is 0 Å². The summed E-state index contributed by atoms with van der Waals surface area (Å²) >= 11 is 0. The topological polar surface area (TPSA) is 87.0 Å². The van der Waals surface area contributed by atoms with Crippen molar-refractivity contribution in [2.45, 2.75) is 19.3 Å². The number of aliphatic carboxylic acids is 1. The van der Waals surface area contributed by atoms with Gasteiger partial charge in [-0.1, -0.05) is 37.3 Å². The summed E-state index contributed by atoms with van der Waals surface area (Å²) in [4.78, 5) is 11.4. The molecule has 0 heterocycles. The van der Waals surface area contributed by atoms with Crippen LogP contribution in [0.25, 0.3) is 21.9 Å². The zero-order chi connectivity index (χ0) is 22.0. The highest BCUT2D eigenvalue weighted by atomic mass is 16.5. The number of phenols is 2. The van der Waals surface area contributed by atoms with Gasteiger partial charge in [0.25, 0.3) is 0 Å². The van der Waals surface area contributed by atoms with E-state index in [4.69, 9.17) is 4.74 Å². The van der Waals surface area contributed by atoms with Crippen molar-refractivity contribution in [2.24, 2.45) is 0 Å². The van der Waals surface area contributed by atoms with Crippen LogP contribution in [0.15, 0.2) is 78.9 Å². The normalized spacial score (nSPS) is 11.9. The molecule has 4 aromatic carbocycles. The Labute approximate surface area is 179 Å². The lowest BCUT2D eigenvalue weighted by atomic mass is 9.96. The number of carboxylic acid groups (broad SMARTS) is 1. The van der Waals surface area contributed by atoms with E-state index in [9.17, 15) is 20.1 Å². The van der Waals surface area contributed by atoms with Crippen molar-refractivity contribution >= 4 is 16.7 Å². The Balaban J connectivity index is 1.79. The Morgan fingerprint density at radius 3 is 2.19 bits per heavy atom. The number of benzene rings is 4. The molecule has 5 heteroatoms. The number of carboxylic acids is 1. The van der Waals surface area contributed by atoms with Crippen LogP contribution in [0.3, 0.4) is 0 Å². The predicted molar refractivity (Wildman–Crippen MR) is 120 cm³/mol. The molecule has 0 fully saturated rings. The van der Waals surface area contributed by atoms with Crippen molar-refractivity contribution in [2.75, 3.05) is 0 Å². The highest BCUT2D eigenvalue weighted by molar-refractivity contribution is 5.96. The molecule has 0 amide bonds. The molecule has 1 atom stereocenters. The molecule has 1 unspecified atom stereocenters. The van der Waals surface area contributed by atoms with E-state index in [1.54, 1.807) is 54.6 Å². The van der Waals surface area contributed by atoms with Crippen molar-refractivity contribution < 1.29 is 24.9 Å². The standard InChI is InChI=1S/C26H22O5/c1-2-22(26(29)30)16-5-11-21(12-6-16)31-25-23(17-3-8-19(27)9-4-17)13-7-18-15-20(28)10-14-24(18)25/h3-15,22,27-28H,2H2,1H3,(H,29,30). The molecule has 0 aliphatic rings. The molecule has 0 radical (unpaired) electrons. The number of aromatic hydroxyl groups is 2. The third-order valence-corrected chi connectivity index (χ3v) is 5.34. The third-order valence-electron chi connectivity index (χ3n) is 5.34. The highest BCUT2D eigenvalue weighted by Crippen LogP contribution is 2.41. The van der Waals surface area contributed by atoms with E-state index in [0.29, 0.717) is 17.9 Å². The van der Waals surface area contributed by atoms with Gasteiger partial charge in [-0.15, -0.1) is 0 Å². The molecule has 0 bridgehead atoms. The second kappa shape index (κ2) is 8.40. The van der Waals surface area contributed by atoms with Crippen molar-refractivity contribution in [1.29, 1.82) is 0 Å². The van der Waals surface area contributed by atoms with Gasteiger partial charge in [0.1, 0.15) is 23.0 Å². The predicted octanol–water partition coefficient (Wildman–Crippen LogP) is 6.29. The second-order valence-corrected chi connectivity index (χ2v) is 7.36. The zero-order valence-electron chi connectivity index (χ0n) is 16.9. The number of rotatable bonds is 6. The zero-order valence-corrected chi connectivity index (χ0v) is 16.9. The summed E-state index contributed by atoms with van der Waals surface area (Å²) in [5.74, 6) is 0.128. The first-order chi connectivity index (χ1) is 15.0. The molecule has 3 N–H and O–H groups in total. The van der Waals surface area contributed by atoms with Gasteiger partial charge in [0.2, 0.25) is 0 Å². The highest BCUT2D eigenvalue weighted by Gasteiger charge is 2.18. The smallest absolute Gasteiger partial charge is 0.310 e. The summed E-state index contributed by atoms with van der Waals surface area (Å²) in [7, 11) is 0. The van der Waals surface area contributed by atoms with Crippen LogP contribution in [0.5, 0.6) is 23.0 Å². The molecule has 0 aliphatic carbocycles. The van der Waals surface area contributed by atoms with E-state index in [-0.39, 0.29) is 11.5 Å². The molecule has 0 aliphatic heterocycles. The van der Waals surface area contributed by atoms with Gasteiger partial charge >= 0.3 is 5.97 Å². The van der Waals surface area contributed by atoms with Crippen LogP contribution >= 0.6 is 0 Å². The van der Waals surface area contributed by atoms with E-state index in [0.717, 1.165) is 27.5 Å². The molecular weight excluding hydrogens is 392 g/mol. The molecular formula is C26H22O5. The minimum atomic E-state index is -0.848. The summed E-state index contributed by atoms with van der Waals surface area (Å²) in [6.07, 6.45) is 0.507. The van der Waals surface area contributed by atoms with Gasteiger partial charge in [-0.2, -0.15) is 0 Å². The van der Waals surface area contributed by atoms with E-state index in [2.05, 4.69) is 0 Å². The van der Waals surface area contributed by atoms with Gasteiger partial charge in [-0.25, -0.2) is 0 Å². The minimum absolute atomic E-state index is 0.166. The fourth-order valence-electron chi connectivity index (χ4n) is 3.71. The lowest BCUT2D eigenvalue weighted by molar-refractivity contribution is -0.138. The van der Waals surface area contributed by atoms with Crippen molar-refractivity contribution in [3.05, 3.63) is 84.4 Å². The molecule has 4 rings (SSSR count). The van der Waals surface area contributed by atoms with Gasteiger partial charge in [0.05, 0.1) is 5.92 Å². The molecule has 0 saturated carbocycles. The third kappa shape index (κ3) is 4.16. The maximum atomic E-state index is 11.4. The maximum Gasteiger partial charge on any atom is 0.310 e. The SMILES string of the molecule is CCC(C(=O)O)c1ccc(Oc2c(-c3ccc(O)cc3)ccc3cc(O)ccc23)cc1. The minimum Gasteiger partial charge on any atom is -0.508 e. The van der Waals surface area contributed by atoms with Gasteiger partial charge in [0.15, 0.2) is 0 Å². The van der Waals surface area contributed by atoms with Crippen LogP contribution in [0.4, 0.5) is 0 Å².